The second kappa shape index (κ2) is 5.75. The topological polar surface area (TPSA) is 85.1 Å². The maximum absolute atomic E-state index is 11.3. The van der Waals surface area contributed by atoms with Gasteiger partial charge in [-0.3, -0.25) is 0 Å². The first-order valence-corrected chi connectivity index (χ1v) is 8.90. The van der Waals surface area contributed by atoms with E-state index in [4.69, 9.17) is 5.14 Å². The van der Waals surface area contributed by atoms with E-state index >= 15 is 0 Å². The van der Waals surface area contributed by atoms with Gasteiger partial charge < -0.3 is 5.32 Å². The van der Waals surface area contributed by atoms with Crippen molar-refractivity contribution in [3.05, 3.63) is 40.3 Å². The van der Waals surface area contributed by atoms with Gasteiger partial charge in [-0.2, -0.15) is 0 Å². The molecule has 1 heterocycles. The Kier molecular flexibility index (Phi) is 4.36. The van der Waals surface area contributed by atoms with Crippen molar-refractivity contribution in [2.24, 2.45) is 5.14 Å². The molecule has 1 aromatic carbocycles. The molecule has 2 rings (SSSR count). The number of sulfonamides is 1. The number of rotatable bonds is 4. The van der Waals surface area contributed by atoms with Crippen LogP contribution in [0.25, 0.3) is 0 Å². The molecule has 0 bridgehead atoms. The summed E-state index contributed by atoms with van der Waals surface area (Å²) in [6.45, 7) is 6.91. The van der Waals surface area contributed by atoms with Crippen LogP contribution in [0.3, 0.4) is 0 Å². The molecule has 0 aliphatic carbocycles. The van der Waals surface area contributed by atoms with Crippen molar-refractivity contribution in [2.75, 3.05) is 5.32 Å². The molecular weight excluding hydrogens is 306 g/mol. The quantitative estimate of drug-likeness (QED) is 0.905. The zero-order chi connectivity index (χ0) is 15.7. The van der Waals surface area contributed by atoms with Gasteiger partial charge in [0.1, 0.15) is 0 Å². The summed E-state index contributed by atoms with van der Waals surface area (Å²) in [5.41, 5.74) is 1.67. The van der Waals surface area contributed by atoms with Crippen LogP contribution in [0, 0.1) is 0 Å². The molecular formula is C14H19N3O2S2. The number of benzene rings is 1. The molecule has 3 N–H and O–H groups in total. The Morgan fingerprint density at radius 1 is 1.33 bits per heavy atom. The first-order chi connectivity index (χ1) is 9.66. The highest BCUT2D eigenvalue weighted by atomic mass is 32.2. The Bertz CT molecular complexity index is 731. The monoisotopic (exact) mass is 325 g/mol. The second-order valence-electron chi connectivity index (χ2n) is 5.82. The predicted molar refractivity (Wildman–Crippen MR) is 86.0 cm³/mol. The number of hydrogen-bond donors (Lipinski definition) is 2. The summed E-state index contributed by atoms with van der Waals surface area (Å²) in [7, 11) is -3.68. The zero-order valence-electron chi connectivity index (χ0n) is 12.3. The van der Waals surface area contributed by atoms with Crippen molar-refractivity contribution in [2.45, 2.75) is 37.6 Å². The standard InChI is InChI=1S/C14H19N3O2S2/c1-14(2,3)13-17-11(9-20-13)8-16-10-5-4-6-12(7-10)21(15,18)19/h4-7,9,16H,8H2,1-3H3,(H2,15,18,19). The summed E-state index contributed by atoms with van der Waals surface area (Å²) in [6, 6.07) is 6.45. The molecule has 2 aromatic rings. The van der Waals surface area contributed by atoms with Crippen LogP contribution in [-0.4, -0.2) is 13.4 Å². The highest BCUT2D eigenvalue weighted by Crippen LogP contribution is 2.26. The van der Waals surface area contributed by atoms with Crippen LogP contribution in [0.5, 0.6) is 0 Å². The Hall–Kier alpha value is -1.44. The average molecular weight is 325 g/mol. The smallest absolute Gasteiger partial charge is 0.238 e. The van der Waals surface area contributed by atoms with Crippen molar-refractivity contribution < 1.29 is 8.42 Å². The van der Waals surface area contributed by atoms with E-state index in [1.807, 2.05) is 5.38 Å². The molecule has 0 saturated heterocycles. The number of primary sulfonamides is 1. The third-order valence-corrected chi connectivity index (χ3v) is 5.06. The molecule has 0 atom stereocenters. The van der Waals surface area contributed by atoms with Gasteiger partial charge in [-0.1, -0.05) is 26.8 Å². The van der Waals surface area contributed by atoms with Crippen LogP contribution in [0.15, 0.2) is 34.5 Å². The molecule has 0 spiro atoms. The van der Waals surface area contributed by atoms with E-state index in [2.05, 4.69) is 31.1 Å². The van der Waals surface area contributed by atoms with E-state index < -0.39 is 10.0 Å². The van der Waals surface area contributed by atoms with Crippen LogP contribution in [0.2, 0.25) is 0 Å². The normalized spacial score (nSPS) is 12.4. The molecule has 0 aliphatic rings. The van der Waals surface area contributed by atoms with Crippen molar-refractivity contribution in [1.82, 2.24) is 4.98 Å². The lowest BCUT2D eigenvalue weighted by atomic mass is 9.98. The van der Waals surface area contributed by atoms with E-state index in [-0.39, 0.29) is 10.3 Å². The molecule has 0 saturated carbocycles. The maximum atomic E-state index is 11.3. The van der Waals surface area contributed by atoms with Crippen LogP contribution >= 0.6 is 11.3 Å². The largest absolute Gasteiger partial charge is 0.379 e. The minimum Gasteiger partial charge on any atom is -0.379 e. The van der Waals surface area contributed by atoms with Crippen LogP contribution in [0.4, 0.5) is 5.69 Å². The fourth-order valence-electron chi connectivity index (χ4n) is 1.71. The first kappa shape index (κ1) is 15.9. The number of nitrogens with two attached hydrogens (primary N) is 1. The van der Waals surface area contributed by atoms with E-state index in [1.54, 1.807) is 23.5 Å². The van der Waals surface area contributed by atoms with Gasteiger partial charge in [0.05, 0.1) is 22.1 Å². The molecule has 0 radical (unpaired) electrons. The van der Waals surface area contributed by atoms with Crippen LogP contribution < -0.4 is 10.5 Å². The Balaban J connectivity index is 2.09. The molecule has 0 amide bonds. The van der Waals surface area contributed by atoms with Crippen LogP contribution in [0.1, 0.15) is 31.5 Å². The molecule has 0 fully saturated rings. The van der Waals surface area contributed by atoms with Gasteiger partial charge in [-0.05, 0) is 18.2 Å². The number of thiazole rings is 1. The van der Waals surface area contributed by atoms with Gasteiger partial charge >= 0.3 is 0 Å². The summed E-state index contributed by atoms with van der Waals surface area (Å²) >= 11 is 1.63. The van der Waals surface area contributed by atoms with E-state index in [0.717, 1.165) is 10.7 Å². The van der Waals surface area contributed by atoms with Gasteiger partial charge in [0.25, 0.3) is 0 Å². The predicted octanol–water partition coefficient (Wildman–Crippen LogP) is 2.70. The summed E-state index contributed by atoms with van der Waals surface area (Å²) < 4.78 is 22.6. The fourth-order valence-corrected chi connectivity index (χ4v) is 3.18. The lowest BCUT2D eigenvalue weighted by molar-refractivity contribution is 0.583. The average Bonchev–Trinajstić information content (AvgIpc) is 2.84. The fraction of sp³-hybridized carbons (Fsp3) is 0.357. The van der Waals surface area contributed by atoms with Gasteiger partial charge in [-0.25, -0.2) is 18.5 Å². The van der Waals surface area contributed by atoms with E-state index in [1.165, 1.54) is 12.1 Å². The molecule has 1 aromatic heterocycles. The molecule has 0 aliphatic heterocycles. The van der Waals surface area contributed by atoms with Gasteiger partial charge in [0, 0.05) is 16.5 Å². The second-order valence-corrected chi connectivity index (χ2v) is 8.24. The molecule has 5 nitrogen and oxygen atoms in total. The summed E-state index contributed by atoms with van der Waals surface area (Å²) in [5, 5.41) is 11.4. The molecule has 21 heavy (non-hydrogen) atoms. The molecule has 0 unspecified atom stereocenters. The summed E-state index contributed by atoms with van der Waals surface area (Å²) in [6.07, 6.45) is 0. The minimum atomic E-state index is -3.68. The van der Waals surface area contributed by atoms with Gasteiger partial charge in [-0.15, -0.1) is 11.3 Å². The Morgan fingerprint density at radius 2 is 2.05 bits per heavy atom. The number of nitrogens with zero attached hydrogens (tertiary/aromatic N) is 1. The highest BCUT2D eigenvalue weighted by Gasteiger charge is 2.17. The molecule has 7 heteroatoms. The van der Waals surface area contributed by atoms with Crippen molar-refractivity contribution in [1.29, 1.82) is 0 Å². The van der Waals surface area contributed by atoms with E-state index in [0.29, 0.717) is 12.2 Å². The first-order valence-electron chi connectivity index (χ1n) is 6.48. The minimum absolute atomic E-state index is 0.0382. The maximum Gasteiger partial charge on any atom is 0.238 e. The Labute approximate surface area is 129 Å². The van der Waals surface area contributed by atoms with Crippen molar-refractivity contribution >= 4 is 27.0 Å². The number of nitrogens with one attached hydrogen (secondary N) is 1. The number of anilines is 1. The lowest BCUT2D eigenvalue weighted by Gasteiger charge is -2.13. The summed E-state index contributed by atoms with van der Waals surface area (Å²) in [5.74, 6) is 0. The van der Waals surface area contributed by atoms with Crippen molar-refractivity contribution in [3.63, 3.8) is 0 Å². The highest BCUT2D eigenvalue weighted by molar-refractivity contribution is 7.89. The van der Waals surface area contributed by atoms with Gasteiger partial charge in [0.2, 0.25) is 10.0 Å². The van der Waals surface area contributed by atoms with Crippen LogP contribution in [-0.2, 0) is 22.0 Å². The lowest BCUT2D eigenvalue weighted by Crippen LogP contribution is -2.12. The van der Waals surface area contributed by atoms with Crippen molar-refractivity contribution in [3.8, 4) is 0 Å². The third-order valence-electron chi connectivity index (χ3n) is 2.83. The summed E-state index contributed by atoms with van der Waals surface area (Å²) in [4.78, 5) is 4.68. The van der Waals surface area contributed by atoms with Gasteiger partial charge in [0.15, 0.2) is 0 Å². The van der Waals surface area contributed by atoms with E-state index in [9.17, 15) is 8.42 Å². The zero-order valence-corrected chi connectivity index (χ0v) is 13.9. The third kappa shape index (κ3) is 4.26. The Morgan fingerprint density at radius 3 is 2.62 bits per heavy atom. The SMILES string of the molecule is CC(C)(C)c1nc(CNc2cccc(S(N)(=O)=O)c2)cs1. The number of hydrogen-bond acceptors (Lipinski definition) is 5. The number of aromatic nitrogens is 1. The molecule has 114 valence electrons.